The monoisotopic (exact) mass is 444 g/mol. The molecular formula is C22H24N2O4S2. The summed E-state index contributed by atoms with van der Waals surface area (Å²) in [7, 11) is 2.95. The van der Waals surface area contributed by atoms with Crippen LogP contribution in [0.15, 0.2) is 29.3 Å². The predicted octanol–water partition coefficient (Wildman–Crippen LogP) is 5.14. The second-order valence-corrected chi connectivity index (χ2v) is 9.45. The largest absolute Gasteiger partial charge is 0.494 e. The van der Waals surface area contributed by atoms with Crippen LogP contribution in [0.3, 0.4) is 0 Å². The topological polar surface area (TPSA) is 77.5 Å². The SMILES string of the molecule is COC(=O)c1c(NC(=O)C(C)Sc2cc(C)c3cccc(OC)c3n2)sc(C)c1C. The fourth-order valence-corrected chi connectivity index (χ4v) is 5.07. The third kappa shape index (κ3) is 4.29. The van der Waals surface area contributed by atoms with Crippen molar-refractivity contribution < 1.29 is 19.1 Å². The summed E-state index contributed by atoms with van der Waals surface area (Å²) in [5, 5.41) is 4.73. The molecule has 3 rings (SSSR count). The molecule has 0 fully saturated rings. The molecule has 0 saturated carbocycles. The molecule has 0 aliphatic carbocycles. The maximum atomic E-state index is 12.8. The molecule has 3 aromatic rings. The highest BCUT2D eigenvalue weighted by Crippen LogP contribution is 2.35. The van der Waals surface area contributed by atoms with Gasteiger partial charge in [-0.2, -0.15) is 0 Å². The highest BCUT2D eigenvalue weighted by Gasteiger charge is 2.24. The van der Waals surface area contributed by atoms with Gasteiger partial charge in [-0.15, -0.1) is 11.3 Å². The highest BCUT2D eigenvalue weighted by molar-refractivity contribution is 8.00. The molecule has 0 bridgehead atoms. The first-order valence-electron chi connectivity index (χ1n) is 9.37. The predicted molar refractivity (Wildman–Crippen MR) is 122 cm³/mol. The van der Waals surface area contributed by atoms with Crippen molar-refractivity contribution in [3.8, 4) is 5.75 Å². The van der Waals surface area contributed by atoms with Gasteiger partial charge in [0, 0.05) is 10.3 Å². The number of para-hydroxylation sites is 1. The molecule has 30 heavy (non-hydrogen) atoms. The molecule has 1 aromatic carbocycles. The Morgan fingerprint density at radius 3 is 2.60 bits per heavy atom. The Bertz CT molecular complexity index is 1120. The van der Waals surface area contributed by atoms with E-state index >= 15 is 0 Å². The summed E-state index contributed by atoms with van der Waals surface area (Å²) in [4.78, 5) is 30.6. The molecular weight excluding hydrogens is 420 g/mol. The Hall–Kier alpha value is -2.58. The molecule has 158 valence electrons. The minimum atomic E-state index is -0.452. The fourth-order valence-electron chi connectivity index (χ4n) is 3.10. The van der Waals surface area contributed by atoms with Crippen molar-refractivity contribution in [1.29, 1.82) is 0 Å². The van der Waals surface area contributed by atoms with Gasteiger partial charge in [-0.1, -0.05) is 23.9 Å². The van der Waals surface area contributed by atoms with Gasteiger partial charge in [-0.25, -0.2) is 9.78 Å². The van der Waals surface area contributed by atoms with E-state index in [1.807, 2.05) is 52.0 Å². The highest BCUT2D eigenvalue weighted by atomic mass is 32.2. The number of esters is 1. The Balaban J connectivity index is 1.83. The van der Waals surface area contributed by atoms with Crippen LogP contribution in [-0.4, -0.2) is 36.3 Å². The van der Waals surface area contributed by atoms with Crippen LogP contribution in [0.2, 0.25) is 0 Å². The van der Waals surface area contributed by atoms with E-state index in [9.17, 15) is 9.59 Å². The molecule has 1 unspecified atom stereocenters. The van der Waals surface area contributed by atoms with E-state index < -0.39 is 11.2 Å². The molecule has 2 aromatic heterocycles. The van der Waals surface area contributed by atoms with E-state index in [0.29, 0.717) is 16.3 Å². The zero-order chi connectivity index (χ0) is 22.0. The molecule has 1 atom stereocenters. The second-order valence-electron chi connectivity index (χ2n) is 6.86. The number of ether oxygens (including phenoxy) is 2. The number of fused-ring (bicyclic) bond motifs is 1. The van der Waals surface area contributed by atoms with E-state index in [2.05, 4.69) is 5.32 Å². The number of hydrogen-bond donors (Lipinski definition) is 1. The number of pyridine rings is 1. The van der Waals surface area contributed by atoms with Crippen molar-refractivity contribution in [2.75, 3.05) is 19.5 Å². The van der Waals surface area contributed by atoms with E-state index in [1.165, 1.54) is 30.2 Å². The summed E-state index contributed by atoms with van der Waals surface area (Å²) in [5.74, 6) is 0.0414. The Kier molecular flexibility index (Phi) is 6.67. The van der Waals surface area contributed by atoms with Crippen molar-refractivity contribution >= 4 is 50.9 Å². The van der Waals surface area contributed by atoms with Crippen molar-refractivity contribution in [3.05, 3.63) is 45.8 Å². The number of nitrogens with zero attached hydrogens (tertiary/aromatic N) is 1. The van der Waals surface area contributed by atoms with Crippen molar-refractivity contribution in [2.45, 2.75) is 38.0 Å². The van der Waals surface area contributed by atoms with Gasteiger partial charge in [0.25, 0.3) is 0 Å². The third-order valence-electron chi connectivity index (χ3n) is 4.88. The lowest BCUT2D eigenvalue weighted by molar-refractivity contribution is -0.115. The number of nitrogens with one attached hydrogen (secondary N) is 1. The molecule has 6 nitrogen and oxygen atoms in total. The van der Waals surface area contributed by atoms with E-state index in [1.54, 1.807) is 7.11 Å². The number of carbonyl (C=O) groups excluding carboxylic acids is 2. The van der Waals surface area contributed by atoms with Gasteiger partial charge in [0.05, 0.1) is 30.1 Å². The van der Waals surface area contributed by atoms with Gasteiger partial charge in [-0.3, -0.25) is 4.79 Å². The summed E-state index contributed by atoms with van der Waals surface area (Å²) >= 11 is 2.73. The molecule has 1 N–H and O–H groups in total. The van der Waals surface area contributed by atoms with Gasteiger partial charge in [0.1, 0.15) is 16.3 Å². The van der Waals surface area contributed by atoms with Crippen LogP contribution in [0, 0.1) is 20.8 Å². The zero-order valence-corrected chi connectivity index (χ0v) is 19.4. The minimum Gasteiger partial charge on any atom is -0.494 e. The Labute approximate surface area is 184 Å². The van der Waals surface area contributed by atoms with Gasteiger partial charge in [0.2, 0.25) is 5.91 Å². The number of anilines is 1. The van der Waals surface area contributed by atoms with Gasteiger partial charge < -0.3 is 14.8 Å². The summed E-state index contributed by atoms with van der Waals surface area (Å²) in [5.41, 5.74) is 3.07. The molecule has 0 saturated heterocycles. The first kappa shape index (κ1) is 22.1. The molecule has 1 amide bonds. The number of hydrogen-bond acceptors (Lipinski definition) is 7. The lowest BCUT2D eigenvalue weighted by atomic mass is 10.1. The summed E-state index contributed by atoms with van der Waals surface area (Å²) in [6.07, 6.45) is 0. The lowest BCUT2D eigenvalue weighted by Crippen LogP contribution is -2.23. The first-order chi connectivity index (χ1) is 14.3. The smallest absolute Gasteiger partial charge is 0.341 e. The third-order valence-corrected chi connectivity index (χ3v) is 7.02. The van der Waals surface area contributed by atoms with E-state index in [0.717, 1.165) is 31.9 Å². The molecule has 2 heterocycles. The molecule has 0 aliphatic heterocycles. The number of aromatic nitrogens is 1. The number of benzene rings is 1. The van der Waals surface area contributed by atoms with Crippen LogP contribution >= 0.6 is 23.1 Å². The Morgan fingerprint density at radius 1 is 1.20 bits per heavy atom. The number of thioether (sulfide) groups is 1. The van der Waals surface area contributed by atoms with Crippen molar-refractivity contribution in [1.82, 2.24) is 4.98 Å². The maximum Gasteiger partial charge on any atom is 0.341 e. The first-order valence-corrected chi connectivity index (χ1v) is 11.1. The fraction of sp³-hybridized carbons (Fsp3) is 0.318. The number of thiophene rings is 1. The maximum absolute atomic E-state index is 12.8. The van der Waals surface area contributed by atoms with E-state index in [-0.39, 0.29) is 5.91 Å². The number of rotatable bonds is 6. The van der Waals surface area contributed by atoms with Crippen LogP contribution in [0.25, 0.3) is 10.9 Å². The molecule has 0 aliphatic rings. The van der Waals surface area contributed by atoms with E-state index in [4.69, 9.17) is 14.5 Å². The number of amides is 1. The van der Waals surface area contributed by atoms with Crippen LogP contribution in [0.5, 0.6) is 5.75 Å². The number of methoxy groups -OCH3 is 2. The lowest BCUT2D eigenvalue weighted by Gasteiger charge is -2.14. The number of aryl methyl sites for hydroxylation is 2. The van der Waals surface area contributed by atoms with Crippen LogP contribution in [-0.2, 0) is 9.53 Å². The summed E-state index contributed by atoms with van der Waals surface area (Å²) in [6, 6.07) is 7.77. The zero-order valence-electron chi connectivity index (χ0n) is 17.8. The summed E-state index contributed by atoms with van der Waals surface area (Å²) < 4.78 is 10.3. The van der Waals surface area contributed by atoms with Crippen LogP contribution in [0.4, 0.5) is 5.00 Å². The average Bonchev–Trinajstić information content (AvgIpc) is 3.00. The van der Waals surface area contributed by atoms with Crippen molar-refractivity contribution in [3.63, 3.8) is 0 Å². The number of carbonyl (C=O) groups is 2. The van der Waals surface area contributed by atoms with Gasteiger partial charge in [0.15, 0.2) is 0 Å². The molecule has 0 radical (unpaired) electrons. The Morgan fingerprint density at radius 2 is 1.93 bits per heavy atom. The minimum absolute atomic E-state index is 0.203. The van der Waals surface area contributed by atoms with Gasteiger partial charge >= 0.3 is 5.97 Å². The molecule has 8 heteroatoms. The van der Waals surface area contributed by atoms with Gasteiger partial charge in [-0.05, 0) is 51.0 Å². The second kappa shape index (κ2) is 9.06. The van der Waals surface area contributed by atoms with Crippen LogP contribution < -0.4 is 10.1 Å². The normalized spacial score (nSPS) is 11.9. The average molecular weight is 445 g/mol. The van der Waals surface area contributed by atoms with Crippen LogP contribution in [0.1, 0.15) is 33.3 Å². The molecule has 0 spiro atoms. The van der Waals surface area contributed by atoms with Crippen molar-refractivity contribution in [2.24, 2.45) is 0 Å². The standard InChI is InChI=1S/C22H24N2O4S2/c1-11-10-17(23-19-15(11)8-7-9-16(19)27-5)29-14(4)20(25)24-21-18(22(26)28-6)12(2)13(3)30-21/h7-10,14H,1-6H3,(H,24,25). The quantitative estimate of drug-likeness (QED) is 0.419. The summed E-state index contributed by atoms with van der Waals surface area (Å²) in [6.45, 7) is 7.59.